The standard InChI is InChI=1S/C18H17F3N4O2S/c1-9-7-13(24-27-9)22-16(26)14-10(2)25(3)17(28)23-15(14)11-5-4-6-12(8-11)18(19,20)21/h4-8,15H,1-3H3,(H,23,28)(H,22,24,26)/t15-/m1/s1. The van der Waals surface area contributed by atoms with E-state index in [1.165, 1.54) is 18.2 Å². The number of rotatable bonds is 3. The van der Waals surface area contributed by atoms with E-state index in [0.29, 0.717) is 16.6 Å². The van der Waals surface area contributed by atoms with E-state index in [-0.39, 0.29) is 17.0 Å². The molecule has 6 nitrogen and oxygen atoms in total. The minimum Gasteiger partial charge on any atom is -0.360 e. The summed E-state index contributed by atoms with van der Waals surface area (Å²) in [5.41, 5.74) is 0.215. The lowest BCUT2D eigenvalue weighted by atomic mass is 9.93. The summed E-state index contributed by atoms with van der Waals surface area (Å²) < 4.78 is 44.3. The van der Waals surface area contributed by atoms with Gasteiger partial charge >= 0.3 is 6.18 Å². The fourth-order valence-corrected chi connectivity index (χ4v) is 3.14. The number of alkyl halides is 3. The lowest BCUT2D eigenvalue weighted by Gasteiger charge is -2.35. The van der Waals surface area contributed by atoms with Gasteiger partial charge < -0.3 is 20.1 Å². The Morgan fingerprint density at radius 1 is 1.32 bits per heavy atom. The van der Waals surface area contributed by atoms with E-state index in [1.807, 2.05) is 0 Å². The number of carbonyl (C=O) groups excluding carboxylic acids is 1. The van der Waals surface area contributed by atoms with Crippen molar-refractivity contribution in [1.29, 1.82) is 0 Å². The van der Waals surface area contributed by atoms with Gasteiger partial charge in [0.2, 0.25) is 0 Å². The number of hydrogen-bond acceptors (Lipinski definition) is 4. The molecule has 2 heterocycles. The lowest BCUT2D eigenvalue weighted by Crippen LogP contribution is -2.46. The van der Waals surface area contributed by atoms with Crippen LogP contribution in [0.2, 0.25) is 0 Å². The minimum atomic E-state index is -4.50. The van der Waals surface area contributed by atoms with Crippen LogP contribution >= 0.6 is 12.2 Å². The largest absolute Gasteiger partial charge is 0.416 e. The van der Waals surface area contributed by atoms with Crippen LogP contribution in [0.1, 0.15) is 29.9 Å². The second-order valence-corrected chi connectivity index (χ2v) is 6.73. The molecule has 0 saturated heterocycles. The van der Waals surface area contributed by atoms with Crippen molar-refractivity contribution in [1.82, 2.24) is 15.4 Å². The monoisotopic (exact) mass is 410 g/mol. The van der Waals surface area contributed by atoms with Crippen molar-refractivity contribution in [3.63, 3.8) is 0 Å². The van der Waals surface area contributed by atoms with Crippen LogP contribution < -0.4 is 10.6 Å². The van der Waals surface area contributed by atoms with E-state index < -0.39 is 23.7 Å². The quantitative estimate of drug-likeness (QED) is 0.751. The van der Waals surface area contributed by atoms with Gasteiger partial charge in [-0.15, -0.1) is 0 Å². The van der Waals surface area contributed by atoms with Gasteiger partial charge in [-0.25, -0.2) is 0 Å². The molecule has 0 aliphatic carbocycles. The minimum absolute atomic E-state index is 0.210. The average Bonchev–Trinajstić information content (AvgIpc) is 3.03. The van der Waals surface area contributed by atoms with Gasteiger partial charge in [0.15, 0.2) is 10.9 Å². The van der Waals surface area contributed by atoms with Crippen LogP contribution in [0, 0.1) is 6.92 Å². The van der Waals surface area contributed by atoms with Crippen molar-refractivity contribution in [2.75, 3.05) is 12.4 Å². The van der Waals surface area contributed by atoms with Crippen LogP contribution in [-0.4, -0.2) is 28.1 Å². The summed E-state index contributed by atoms with van der Waals surface area (Å²) in [6.07, 6.45) is -4.50. The summed E-state index contributed by atoms with van der Waals surface area (Å²) in [5.74, 6) is 0.201. The number of allylic oxidation sites excluding steroid dienone is 1. The smallest absolute Gasteiger partial charge is 0.360 e. The number of nitrogens with one attached hydrogen (secondary N) is 2. The van der Waals surface area contributed by atoms with E-state index in [0.717, 1.165) is 12.1 Å². The molecule has 0 bridgehead atoms. The summed E-state index contributed by atoms with van der Waals surface area (Å²) in [4.78, 5) is 14.5. The zero-order valence-electron chi connectivity index (χ0n) is 15.2. The van der Waals surface area contributed by atoms with Gasteiger partial charge in [0.05, 0.1) is 17.2 Å². The Kier molecular flexibility index (Phi) is 5.16. The molecule has 0 unspecified atom stereocenters. The molecule has 0 radical (unpaired) electrons. The Morgan fingerprint density at radius 3 is 2.64 bits per heavy atom. The highest BCUT2D eigenvalue weighted by Crippen LogP contribution is 2.35. The molecule has 10 heteroatoms. The van der Waals surface area contributed by atoms with Gasteiger partial charge in [-0.2, -0.15) is 13.2 Å². The van der Waals surface area contributed by atoms with Crippen LogP contribution in [0.5, 0.6) is 0 Å². The number of aromatic nitrogens is 1. The van der Waals surface area contributed by atoms with Crippen LogP contribution in [0.25, 0.3) is 0 Å². The molecule has 1 aromatic heterocycles. The van der Waals surface area contributed by atoms with Gasteiger partial charge in [0.1, 0.15) is 5.76 Å². The van der Waals surface area contributed by atoms with E-state index in [9.17, 15) is 18.0 Å². The molecule has 28 heavy (non-hydrogen) atoms. The van der Waals surface area contributed by atoms with Crippen LogP contribution in [0.4, 0.5) is 19.0 Å². The fraction of sp³-hybridized carbons (Fsp3) is 0.278. The topological polar surface area (TPSA) is 70.4 Å². The van der Waals surface area contributed by atoms with Crippen molar-refractivity contribution in [3.8, 4) is 0 Å². The molecular formula is C18H17F3N4O2S. The number of nitrogens with zero attached hydrogens (tertiary/aromatic N) is 2. The zero-order valence-corrected chi connectivity index (χ0v) is 16.0. The Balaban J connectivity index is 2.03. The van der Waals surface area contributed by atoms with Gasteiger partial charge in [0, 0.05) is 18.8 Å². The molecule has 1 aromatic carbocycles. The maximum Gasteiger partial charge on any atom is 0.416 e. The predicted octanol–water partition coefficient (Wildman–Crippen LogP) is 3.78. The Bertz CT molecular complexity index is 968. The molecule has 0 fully saturated rings. The van der Waals surface area contributed by atoms with E-state index in [1.54, 1.807) is 25.8 Å². The number of halogens is 3. The molecule has 1 amide bonds. The van der Waals surface area contributed by atoms with Crippen molar-refractivity contribution in [3.05, 3.63) is 58.5 Å². The van der Waals surface area contributed by atoms with Gasteiger partial charge in [-0.3, -0.25) is 4.79 Å². The lowest BCUT2D eigenvalue weighted by molar-refractivity contribution is -0.137. The number of benzene rings is 1. The highest BCUT2D eigenvalue weighted by molar-refractivity contribution is 7.80. The fourth-order valence-electron chi connectivity index (χ4n) is 2.88. The molecule has 1 aliphatic rings. The van der Waals surface area contributed by atoms with Crippen molar-refractivity contribution in [2.24, 2.45) is 0 Å². The molecule has 0 spiro atoms. The SMILES string of the molecule is CC1=C(C(=O)Nc2cc(C)on2)[C@@H](c2cccc(C(F)(F)F)c2)NC(=S)N1C. The third kappa shape index (κ3) is 3.86. The number of aryl methyl sites for hydroxylation is 1. The first-order valence-electron chi connectivity index (χ1n) is 8.24. The number of anilines is 1. The van der Waals surface area contributed by atoms with Crippen LogP contribution in [0.3, 0.4) is 0 Å². The number of hydrogen-bond donors (Lipinski definition) is 2. The molecule has 1 atom stereocenters. The first-order chi connectivity index (χ1) is 13.1. The molecular weight excluding hydrogens is 393 g/mol. The van der Waals surface area contributed by atoms with Crippen LogP contribution in [-0.2, 0) is 11.0 Å². The molecule has 1 aliphatic heterocycles. The summed E-state index contributed by atoms with van der Waals surface area (Å²) in [6.45, 7) is 3.35. The summed E-state index contributed by atoms with van der Waals surface area (Å²) in [6, 6.07) is 5.49. The zero-order chi connectivity index (χ0) is 20.6. The van der Waals surface area contributed by atoms with Crippen molar-refractivity contribution < 1.29 is 22.5 Å². The predicted molar refractivity (Wildman–Crippen MR) is 100 cm³/mol. The number of carbonyl (C=O) groups is 1. The normalized spacial score (nSPS) is 17.6. The van der Waals surface area contributed by atoms with Crippen molar-refractivity contribution >= 4 is 29.1 Å². The second kappa shape index (κ2) is 7.27. The third-order valence-corrected chi connectivity index (χ3v) is 4.81. The van der Waals surface area contributed by atoms with Gasteiger partial charge in [-0.05, 0) is 43.8 Å². The summed E-state index contributed by atoms with van der Waals surface area (Å²) >= 11 is 5.26. The van der Waals surface area contributed by atoms with Crippen LogP contribution in [0.15, 0.2) is 46.1 Å². The van der Waals surface area contributed by atoms with E-state index in [4.69, 9.17) is 16.7 Å². The maximum absolute atomic E-state index is 13.1. The highest BCUT2D eigenvalue weighted by Gasteiger charge is 2.35. The number of thiocarbonyl (C=S) groups is 1. The Hall–Kier alpha value is -2.88. The maximum atomic E-state index is 13.1. The third-order valence-electron chi connectivity index (χ3n) is 4.42. The first-order valence-corrected chi connectivity index (χ1v) is 8.65. The molecule has 2 aromatic rings. The Morgan fingerprint density at radius 2 is 2.04 bits per heavy atom. The molecule has 0 saturated carbocycles. The van der Waals surface area contributed by atoms with E-state index in [2.05, 4.69) is 15.8 Å². The van der Waals surface area contributed by atoms with E-state index >= 15 is 0 Å². The average molecular weight is 410 g/mol. The highest BCUT2D eigenvalue weighted by atomic mass is 32.1. The molecule has 148 valence electrons. The Labute approximate surface area is 164 Å². The number of amides is 1. The van der Waals surface area contributed by atoms with Gasteiger partial charge in [-0.1, -0.05) is 17.3 Å². The molecule has 2 N–H and O–H groups in total. The molecule has 3 rings (SSSR count). The first kappa shape index (κ1) is 19.9. The second-order valence-electron chi connectivity index (χ2n) is 6.34. The van der Waals surface area contributed by atoms with Gasteiger partial charge in [0.25, 0.3) is 5.91 Å². The van der Waals surface area contributed by atoms with Crippen molar-refractivity contribution in [2.45, 2.75) is 26.1 Å². The summed E-state index contributed by atoms with van der Waals surface area (Å²) in [7, 11) is 1.67. The summed E-state index contributed by atoms with van der Waals surface area (Å²) in [5, 5.41) is 9.57.